The molecule has 1 amide bonds. The Balaban J connectivity index is 1.51. The van der Waals surface area contributed by atoms with Crippen LogP contribution in [0.25, 0.3) is 0 Å². The number of nitrogens with zero attached hydrogens (tertiary/aromatic N) is 1. The molecule has 4 heteroatoms. The normalized spacial score (nSPS) is 25.3. The number of likely N-dealkylation sites (tertiary alicyclic amines) is 1. The molecular formula is C19H25FN2O. The molecule has 0 aromatic heterocycles. The van der Waals surface area contributed by atoms with Gasteiger partial charge in [-0.25, -0.2) is 4.39 Å². The SMILES string of the molecule is O=C(N1CCC2(CCNC2)CC1)C1(c2cccc(F)c2)CCC1. The molecule has 3 aliphatic rings. The van der Waals surface area contributed by atoms with Crippen molar-refractivity contribution in [2.45, 2.75) is 43.9 Å². The molecule has 124 valence electrons. The average molecular weight is 316 g/mol. The summed E-state index contributed by atoms with van der Waals surface area (Å²) < 4.78 is 13.6. The predicted molar refractivity (Wildman–Crippen MR) is 87.7 cm³/mol. The van der Waals surface area contributed by atoms with E-state index in [1.54, 1.807) is 12.1 Å². The summed E-state index contributed by atoms with van der Waals surface area (Å²) in [4.78, 5) is 15.3. The molecule has 0 atom stereocenters. The number of hydrogen-bond donors (Lipinski definition) is 1. The Morgan fingerprint density at radius 3 is 2.48 bits per heavy atom. The van der Waals surface area contributed by atoms with E-state index in [0.29, 0.717) is 5.41 Å². The van der Waals surface area contributed by atoms with Crippen LogP contribution in [0.3, 0.4) is 0 Å². The first-order chi connectivity index (χ1) is 11.1. The van der Waals surface area contributed by atoms with Crippen LogP contribution in [0.2, 0.25) is 0 Å². The second-order valence-electron chi connectivity index (χ2n) is 7.66. The maximum Gasteiger partial charge on any atom is 0.233 e. The largest absolute Gasteiger partial charge is 0.342 e. The summed E-state index contributed by atoms with van der Waals surface area (Å²) in [6.07, 6.45) is 6.22. The standard InChI is InChI=1S/C19H25FN2O/c20-16-4-1-3-15(13-16)19(5-2-6-19)17(23)22-11-8-18(9-12-22)7-10-21-14-18/h1,3-4,13,21H,2,5-12,14H2. The van der Waals surface area contributed by atoms with Gasteiger partial charge in [0.2, 0.25) is 5.91 Å². The van der Waals surface area contributed by atoms with Crippen LogP contribution in [0.4, 0.5) is 4.39 Å². The molecule has 1 aromatic carbocycles. The highest BCUT2D eigenvalue weighted by Crippen LogP contribution is 2.46. The van der Waals surface area contributed by atoms with Crippen LogP contribution in [0, 0.1) is 11.2 Å². The zero-order chi connectivity index (χ0) is 15.9. The van der Waals surface area contributed by atoms with Crippen molar-refractivity contribution in [2.24, 2.45) is 5.41 Å². The van der Waals surface area contributed by atoms with Gasteiger partial charge in [-0.15, -0.1) is 0 Å². The minimum Gasteiger partial charge on any atom is -0.342 e. The Morgan fingerprint density at radius 2 is 1.91 bits per heavy atom. The van der Waals surface area contributed by atoms with Gasteiger partial charge in [-0.1, -0.05) is 18.6 Å². The maximum atomic E-state index is 13.6. The van der Waals surface area contributed by atoms with Crippen molar-refractivity contribution in [1.82, 2.24) is 10.2 Å². The Labute approximate surface area is 137 Å². The quantitative estimate of drug-likeness (QED) is 0.910. The maximum absolute atomic E-state index is 13.6. The highest BCUT2D eigenvalue weighted by Gasteiger charge is 2.49. The van der Waals surface area contributed by atoms with E-state index < -0.39 is 5.41 Å². The lowest BCUT2D eigenvalue weighted by molar-refractivity contribution is -0.143. The smallest absolute Gasteiger partial charge is 0.233 e. The van der Waals surface area contributed by atoms with Gasteiger partial charge >= 0.3 is 0 Å². The number of carbonyl (C=O) groups is 1. The number of halogens is 1. The minimum atomic E-state index is -0.458. The van der Waals surface area contributed by atoms with E-state index in [4.69, 9.17) is 0 Å². The van der Waals surface area contributed by atoms with Crippen LogP contribution >= 0.6 is 0 Å². The Hall–Kier alpha value is -1.42. The summed E-state index contributed by atoms with van der Waals surface area (Å²) in [6, 6.07) is 6.67. The predicted octanol–water partition coefficient (Wildman–Crippen LogP) is 2.85. The van der Waals surface area contributed by atoms with Crippen LogP contribution < -0.4 is 5.32 Å². The first-order valence-corrected chi connectivity index (χ1v) is 8.90. The van der Waals surface area contributed by atoms with E-state index in [1.165, 1.54) is 12.5 Å². The third-order valence-electron chi connectivity index (χ3n) is 6.44. The van der Waals surface area contributed by atoms with Gasteiger partial charge in [0.25, 0.3) is 0 Å². The fourth-order valence-corrected chi connectivity index (χ4v) is 4.65. The molecule has 0 unspecified atom stereocenters. The van der Waals surface area contributed by atoms with Crippen molar-refractivity contribution in [3.8, 4) is 0 Å². The third kappa shape index (κ3) is 2.47. The zero-order valence-electron chi connectivity index (χ0n) is 13.6. The van der Waals surface area contributed by atoms with Crippen LogP contribution in [-0.2, 0) is 10.2 Å². The first kappa shape index (κ1) is 15.1. The Morgan fingerprint density at radius 1 is 1.13 bits per heavy atom. The first-order valence-electron chi connectivity index (χ1n) is 8.90. The lowest BCUT2D eigenvalue weighted by Gasteiger charge is -2.47. The molecule has 23 heavy (non-hydrogen) atoms. The topological polar surface area (TPSA) is 32.3 Å². The van der Waals surface area contributed by atoms with Gasteiger partial charge in [0.05, 0.1) is 5.41 Å². The molecule has 1 saturated carbocycles. The van der Waals surface area contributed by atoms with Gasteiger partial charge in [0.15, 0.2) is 0 Å². The fraction of sp³-hybridized carbons (Fsp3) is 0.632. The van der Waals surface area contributed by atoms with Crippen LogP contribution in [0.5, 0.6) is 0 Å². The Bertz CT molecular complexity index is 595. The van der Waals surface area contributed by atoms with E-state index in [0.717, 1.165) is 63.8 Å². The van der Waals surface area contributed by atoms with Crippen molar-refractivity contribution >= 4 is 5.91 Å². The highest BCUT2D eigenvalue weighted by atomic mass is 19.1. The summed E-state index contributed by atoms with van der Waals surface area (Å²) >= 11 is 0. The van der Waals surface area contributed by atoms with Crippen LogP contribution in [-0.4, -0.2) is 37.0 Å². The van der Waals surface area contributed by atoms with Crippen molar-refractivity contribution in [2.75, 3.05) is 26.2 Å². The molecule has 2 aliphatic heterocycles. The number of piperidine rings is 1. The van der Waals surface area contributed by atoms with Gasteiger partial charge < -0.3 is 10.2 Å². The molecular weight excluding hydrogens is 291 g/mol. The van der Waals surface area contributed by atoms with Crippen molar-refractivity contribution in [3.63, 3.8) is 0 Å². The van der Waals surface area contributed by atoms with Crippen LogP contribution in [0.1, 0.15) is 44.1 Å². The van der Waals surface area contributed by atoms with Gasteiger partial charge in [-0.05, 0) is 61.8 Å². The molecule has 3 fully saturated rings. The second kappa shape index (κ2) is 5.59. The molecule has 2 saturated heterocycles. The monoisotopic (exact) mass is 316 g/mol. The van der Waals surface area contributed by atoms with E-state index in [1.807, 2.05) is 11.0 Å². The second-order valence-corrected chi connectivity index (χ2v) is 7.66. The van der Waals surface area contributed by atoms with E-state index in [-0.39, 0.29) is 11.7 Å². The van der Waals surface area contributed by atoms with Crippen molar-refractivity contribution in [3.05, 3.63) is 35.6 Å². The molecule has 1 N–H and O–H groups in total. The Kier molecular flexibility index (Phi) is 3.67. The van der Waals surface area contributed by atoms with Crippen LogP contribution in [0.15, 0.2) is 24.3 Å². The van der Waals surface area contributed by atoms with E-state index >= 15 is 0 Å². The van der Waals surface area contributed by atoms with Gasteiger partial charge in [-0.2, -0.15) is 0 Å². The number of carbonyl (C=O) groups excluding carboxylic acids is 1. The van der Waals surface area contributed by atoms with Gasteiger partial charge in [0.1, 0.15) is 5.82 Å². The molecule has 1 spiro atoms. The molecule has 0 bridgehead atoms. The number of rotatable bonds is 2. The summed E-state index contributed by atoms with van der Waals surface area (Å²) in [6.45, 7) is 3.93. The summed E-state index contributed by atoms with van der Waals surface area (Å²) in [5.74, 6) is -0.00800. The summed E-state index contributed by atoms with van der Waals surface area (Å²) in [7, 11) is 0. The molecule has 2 heterocycles. The molecule has 3 nitrogen and oxygen atoms in total. The molecule has 1 aromatic rings. The number of amides is 1. The fourth-order valence-electron chi connectivity index (χ4n) is 4.65. The van der Waals surface area contributed by atoms with Crippen molar-refractivity contribution < 1.29 is 9.18 Å². The molecule has 0 radical (unpaired) electrons. The summed E-state index contributed by atoms with van der Waals surface area (Å²) in [5, 5.41) is 3.47. The van der Waals surface area contributed by atoms with Crippen molar-refractivity contribution in [1.29, 1.82) is 0 Å². The third-order valence-corrected chi connectivity index (χ3v) is 6.44. The number of benzene rings is 1. The lowest BCUT2D eigenvalue weighted by atomic mass is 9.63. The lowest BCUT2D eigenvalue weighted by Crippen LogP contribution is -2.54. The van der Waals surface area contributed by atoms with E-state index in [9.17, 15) is 9.18 Å². The average Bonchev–Trinajstić information content (AvgIpc) is 2.95. The number of nitrogens with one attached hydrogen (secondary N) is 1. The minimum absolute atomic E-state index is 0.232. The molecule has 4 rings (SSSR count). The van der Waals surface area contributed by atoms with E-state index in [2.05, 4.69) is 5.32 Å². The number of hydrogen-bond acceptors (Lipinski definition) is 2. The molecule has 1 aliphatic carbocycles. The zero-order valence-corrected chi connectivity index (χ0v) is 13.6. The van der Waals surface area contributed by atoms with Gasteiger partial charge in [-0.3, -0.25) is 4.79 Å². The summed E-state index contributed by atoms with van der Waals surface area (Å²) in [5.41, 5.74) is 0.833. The van der Waals surface area contributed by atoms with Gasteiger partial charge in [0, 0.05) is 19.6 Å². The highest BCUT2D eigenvalue weighted by molar-refractivity contribution is 5.89.